The first-order valence-corrected chi connectivity index (χ1v) is 19.0. The molecule has 6 aromatic rings. The predicted molar refractivity (Wildman–Crippen MR) is 185 cm³/mol. The lowest BCUT2D eigenvalue weighted by Gasteiger charge is -2.28. The van der Waals surface area contributed by atoms with Gasteiger partial charge >= 0.3 is 0 Å². The maximum Gasteiger partial charge on any atom is 0.136 e. The Morgan fingerprint density at radius 2 is 0.561 bits per heavy atom. The van der Waals surface area contributed by atoms with Gasteiger partial charge in [-0.2, -0.15) is 0 Å². The number of ether oxygens (including phenoxy) is 1. The minimum absolute atomic E-state index is 0.763. The lowest BCUT2D eigenvalue weighted by molar-refractivity contribution is 0.490. The Hall–Kier alpha value is -3.58. The fraction of sp³-hybridized carbons (Fsp3) is 0. The van der Waals surface area contributed by atoms with Gasteiger partial charge in [0, 0.05) is 22.7 Å². The van der Waals surface area contributed by atoms with E-state index in [0.717, 1.165) is 43.3 Å². The molecule has 0 aromatic heterocycles. The normalized spacial score (nSPS) is 11.6. The lowest BCUT2D eigenvalue weighted by atomic mass is 10.3. The van der Waals surface area contributed by atoms with Gasteiger partial charge in [0.25, 0.3) is 0 Å². The van der Waals surface area contributed by atoms with Crippen molar-refractivity contribution in [2.24, 2.45) is 0 Å². The van der Waals surface area contributed by atoms with Crippen LogP contribution in [0.2, 0.25) is 0 Å². The number of benzene rings is 6. The molecule has 0 atom stereocenters. The van der Waals surface area contributed by atoms with Crippen molar-refractivity contribution in [3.8, 4) is 11.5 Å². The number of rotatable bonds is 8. The quantitative estimate of drug-likeness (QED) is 0.174. The molecule has 0 radical (unpaired) electrons. The maximum atomic E-state index is 6.94. The van der Waals surface area contributed by atoms with Crippen LogP contribution in [0.3, 0.4) is 0 Å². The summed E-state index contributed by atoms with van der Waals surface area (Å²) in [6.07, 6.45) is 0. The van der Waals surface area contributed by atoms with Crippen molar-refractivity contribution in [2.45, 2.75) is 0 Å². The number of para-hydroxylation sites is 2. The molecule has 0 aliphatic carbocycles. The van der Waals surface area contributed by atoms with Gasteiger partial charge in [-0.3, -0.25) is 0 Å². The Balaban J connectivity index is 1.54. The summed E-state index contributed by atoms with van der Waals surface area (Å²) in [6, 6.07) is 53.4. The molecule has 0 aliphatic rings. The van der Waals surface area contributed by atoms with E-state index in [4.69, 9.17) is 28.4 Å². The third-order valence-electron chi connectivity index (χ3n) is 7.11. The molecule has 0 spiro atoms. The van der Waals surface area contributed by atoms with Crippen molar-refractivity contribution < 1.29 is 4.74 Å². The molecule has 0 aliphatic heterocycles. The van der Waals surface area contributed by atoms with Crippen LogP contribution in [0.15, 0.2) is 170 Å². The van der Waals surface area contributed by atoms with E-state index in [9.17, 15) is 0 Å². The van der Waals surface area contributed by atoms with Crippen molar-refractivity contribution in [3.05, 3.63) is 170 Å². The topological polar surface area (TPSA) is 9.23 Å². The van der Waals surface area contributed by atoms with E-state index in [1.54, 1.807) is 0 Å². The highest BCUT2D eigenvalue weighted by molar-refractivity contribution is 8.26. The second-order valence-corrected chi connectivity index (χ2v) is 18.4. The zero-order chi connectivity index (χ0) is 28.1. The van der Waals surface area contributed by atoms with Crippen molar-refractivity contribution in [1.29, 1.82) is 0 Å². The molecule has 6 aromatic carbocycles. The summed E-state index contributed by atoms with van der Waals surface area (Å²) < 4.78 is 6.94. The van der Waals surface area contributed by atoms with E-state index < -0.39 is 12.1 Å². The Bertz CT molecular complexity index is 1630. The van der Waals surface area contributed by atoms with Crippen LogP contribution in [-0.2, 0) is 23.6 Å². The predicted octanol–water partition coefficient (Wildman–Crippen LogP) is 6.99. The van der Waals surface area contributed by atoms with Gasteiger partial charge in [-0.25, -0.2) is 0 Å². The molecule has 1 nitrogen and oxygen atoms in total. The lowest BCUT2D eigenvalue weighted by Crippen LogP contribution is -2.27. The van der Waals surface area contributed by atoms with Crippen LogP contribution in [0.5, 0.6) is 11.5 Å². The molecular weight excluding hydrogens is 574 g/mol. The molecule has 0 saturated carbocycles. The molecule has 200 valence electrons. The Morgan fingerprint density at radius 1 is 0.317 bits per heavy atom. The molecule has 0 N–H and O–H groups in total. The molecule has 5 heteroatoms. The second-order valence-electron chi connectivity index (χ2n) is 9.60. The summed E-state index contributed by atoms with van der Waals surface area (Å²) in [6.45, 7) is 0. The third kappa shape index (κ3) is 5.28. The molecule has 0 unspecified atom stereocenters. The maximum absolute atomic E-state index is 6.94. The van der Waals surface area contributed by atoms with Crippen LogP contribution >= 0.6 is 12.1 Å². The van der Waals surface area contributed by atoms with Gasteiger partial charge in [0.2, 0.25) is 0 Å². The summed E-state index contributed by atoms with van der Waals surface area (Å²) in [5, 5.41) is 6.56. The highest BCUT2D eigenvalue weighted by Gasteiger charge is 2.31. The molecule has 0 heterocycles. The minimum Gasteiger partial charge on any atom is -0.456 e. The number of hydrogen-bond acceptors (Lipinski definition) is 3. The van der Waals surface area contributed by atoms with Gasteiger partial charge in [-0.1, -0.05) is 169 Å². The van der Waals surface area contributed by atoms with E-state index in [1.807, 2.05) is 48.5 Å². The van der Waals surface area contributed by atoms with Crippen LogP contribution in [0.1, 0.15) is 0 Å². The van der Waals surface area contributed by atoms with E-state index in [1.165, 1.54) is 0 Å². The molecule has 0 bridgehead atoms. The standard InChI is InChI=1S/C36H28OP2S2/c40-38(29-17-5-1-6-18-29,30-19-7-2-8-20-30)35-27-15-13-25-33(35)37-34-26-14-16-28-36(34)39(41,31-21-9-3-10-22-31)32-23-11-4-12-24-32/h1-28H. The Morgan fingerprint density at radius 3 is 0.854 bits per heavy atom. The van der Waals surface area contributed by atoms with Gasteiger partial charge < -0.3 is 4.74 Å². The van der Waals surface area contributed by atoms with Gasteiger partial charge in [0.05, 0.1) is 0 Å². The van der Waals surface area contributed by atoms with Crippen molar-refractivity contribution in [1.82, 2.24) is 0 Å². The molecule has 0 fully saturated rings. The fourth-order valence-corrected chi connectivity index (χ4v) is 13.0. The Kier molecular flexibility index (Phi) is 8.15. The average molecular weight is 603 g/mol. The highest BCUT2D eigenvalue weighted by atomic mass is 32.4. The van der Waals surface area contributed by atoms with Gasteiger partial charge in [0.1, 0.15) is 11.5 Å². The first kappa shape index (κ1) is 27.6. The van der Waals surface area contributed by atoms with Crippen molar-refractivity contribution in [2.75, 3.05) is 0 Å². The van der Waals surface area contributed by atoms with Crippen LogP contribution in [-0.4, -0.2) is 0 Å². The largest absolute Gasteiger partial charge is 0.456 e. The van der Waals surface area contributed by atoms with E-state index in [-0.39, 0.29) is 0 Å². The summed E-state index contributed by atoms with van der Waals surface area (Å²) in [7, 11) is 0. The van der Waals surface area contributed by atoms with Crippen LogP contribution in [0.25, 0.3) is 0 Å². The van der Waals surface area contributed by atoms with Crippen LogP contribution in [0.4, 0.5) is 0 Å². The SMILES string of the molecule is S=P(c1ccccc1)(c1ccccc1)c1ccccc1Oc1ccccc1P(=S)(c1ccccc1)c1ccccc1. The first-order chi connectivity index (χ1) is 20.1. The van der Waals surface area contributed by atoms with E-state index in [2.05, 4.69) is 121 Å². The van der Waals surface area contributed by atoms with Gasteiger partial charge in [-0.05, 0) is 45.5 Å². The molecular formula is C36H28OP2S2. The number of hydrogen-bond donors (Lipinski definition) is 0. The van der Waals surface area contributed by atoms with Crippen molar-refractivity contribution >= 4 is 67.5 Å². The molecule has 6 rings (SSSR count). The summed E-state index contributed by atoms with van der Waals surface area (Å²) in [4.78, 5) is 0. The first-order valence-electron chi connectivity index (χ1n) is 13.4. The zero-order valence-corrected chi connectivity index (χ0v) is 25.7. The van der Waals surface area contributed by atoms with E-state index in [0.29, 0.717) is 0 Å². The average Bonchev–Trinajstić information content (AvgIpc) is 3.06. The van der Waals surface area contributed by atoms with Gasteiger partial charge in [-0.15, -0.1) is 0 Å². The van der Waals surface area contributed by atoms with Crippen LogP contribution < -0.4 is 36.6 Å². The molecule has 41 heavy (non-hydrogen) atoms. The molecule has 0 amide bonds. The second kappa shape index (κ2) is 12.1. The monoisotopic (exact) mass is 602 g/mol. The van der Waals surface area contributed by atoms with Crippen LogP contribution in [0, 0.1) is 0 Å². The van der Waals surface area contributed by atoms with E-state index >= 15 is 0 Å². The Labute approximate surface area is 252 Å². The minimum atomic E-state index is -2.43. The smallest absolute Gasteiger partial charge is 0.136 e. The zero-order valence-electron chi connectivity index (χ0n) is 22.3. The summed E-state index contributed by atoms with van der Waals surface area (Å²) in [5.41, 5.74) is 0. The fourth-order valence-electron chi connectivity index (χ4n) is 5.13. The third-order valence-corrected chi connectivity index (χ3v) is 17.0. The summed E-state index contributed by atoms with van der Waals surface area (Å²) in [5.74, 6) is 1.53. The highest BCUT2D eigenvalue weighted by Crippen LogP contribution is 2.48. The molecule has 0 saturated heterocycles. The van der Waals surface area contributed by atoms with Gasteiger partial charge in [0.15, 0.2) is 0 Å². The van der Waals surface area contributed by atoms with Crippen molar-refractivity contribution in [3.63, 3.8) is 0 Å². The summed E-state index contributed by atoms with van der Waals surface area (Å²) >= 11 is 13.4.